The first-order valence-corrected chi connectivity index (χ1v) is 7.73. The number of likely N-dealkylation sites (tertiary alicyclic amines) is 1. The number of benzene rings is 1. The topological polar surface area (TPSA) is 46.0 Å². The normalized spacial score (nSPS) is 17.2. The van der Waals surface area contributed by atoms with Gasteiger partial charge >= 0.3 is 0 Å². The Kier molecular flexibility index (Phi) is 4.62. The molecular weight excluding hydrogens is 262 g/mol. The number of para-hydroxylation sites is 1. The molecule has 0 saturated carbocycles. The van der Waals surface area contributed by atoms with Crippen LogP contribution in [0.25, 0.3) is 5.69 Å². The number of nitrogens with one attached hydrogen (secondary N) is 1. The Morgan fingerprint density at radius 3 is 2.71 bits per heavy atom. The Bertz CT molecular complexity index is 545. The molecule has 0 amide bonds. The molecule has 1 aromatic heterocycles. The smallest absolute Gasteiger partial charge is 0.0969 e. The van der Waals surface area contributed by atoms with E-state index in [9.17, 15) is 0 Å². The molecule has 0 spiro atoms. The predicted molar refractivity (Wildman–Crippen MR) is 83.3 cm³/mol. The summed E-state index contributed by atoms with van der Waals surface area (Å²) in [5.74, 6) is 0. The van der Waals surface area contributed by atoms with E-state index in [-0.39, 0.29) is 0 Å². The summed E-state index contributed by atoms with van der Waals surface area (Å²) in [6.07, 6.45) is 4.53. The van der Waals surface area contributed by atoms with E-state index in [4.69, 9.17) is 0 Å². The Labute approximate surface area is 126 Å². The largest absolute Gasteiger partial charge is 0.307 e. The molecule has 1 aliphatic rings. The van der Waals surface area contributed by atoms with Crippen molar-refractivity contribution in [1.29, 1.82) is 0 Å². The van der Waals surface area contributed by atoms with E-state index in [2.05, 4.69) is 27.3 Å². The van der Waals surface area contributed by atoms with Gasteiger partial charge in [-0.05, 0) is 45.0 Å². The van der Waals surface area contributed by atoms with Crippen molar-refractivity contribution in [3.8, 4) is 5.69 Å². The number of hydrogen-bond acceptors (Lipinski definition) is 4. The summed E-state index contributed by atoms with van der Waals surface area (Å²) in [7, 11) is 0. The molecule has 112 valence electrons. The number of hydrogen-bond donors (Lipinski definition) is 1. The van der Waals surface area contributed by atoms with Gasteiger partial charge in [0.1, 0.15) is 0 Å². The first-order chi connectivity index (χ1) is 10.3. The van der Waals surface area contributed by atoms with Crippen molar-refractivity contribution in [3.05, 3.63) is 42.2 Å². The molecule has 1 saturated heterocycles. The van der Waals surface area contributed by atoms with Crippen molar-refractivity contribution in [1.82, 2.24) is 25.2 Å². The predicted octanol–water partition coefficient (Wildman–Crippen LogP) is 1.84. The molecule has 5 heteroatoms. The Balaban J connectivity index is 1.50. The van der Waals surface area contributed by atoms with Crippen molar-refractivity contribution in [2.45, 2.75) is 32.4 Å². The lowest BCUT2D eigenvalue weighted by atomic mass is 10.3. The second-order valence-corrected chi connectivity index (χ2v) is 5.75. The average molecular weight is 285 g/mol. The van der Waals surface area contributed by atoms with Crippen molar-refractivity contribution in [2.24, 2.45) is 0 Å². The number of nitrogens with zero attached hydrogens (tertiary/aromatic N) is 4. The highest BCUT2D eigenvalue weighted by Crippen LogP contribution is 2.08. The Morgan fingerprint density at radius 2 is 1.95 bits per heavy atom. The third kappa shape index (κ3) is 3.89. The fourth-order valence-corrected chi connectivity index (χ4v) is 2.76. The van der Waals surface area contributed by atoms with E-state index in [1.807, 2.05) is 36.5 Å². The van der Waals surface area contributed by atoms with Gasteiger partial charge in [-0.25, -0.2) is 0 Å². The zero-order valence-electron chi connectivity index (χ0n) is 12.6. The average Bonchev–Trinajstić information content (AvgIpc) is 3.17. The molecular formula is C16H23N5. The van der Waals surface area contributed by atoms with Crippen molar-refractivity contribution in [3.63, 3.8) is 0 Å². The quantitative estimate of drug-likeness (QED) is 0.880. The lowest BCUT2D eigenvalue weighted by Gasteiger charge is -2.20. The maximum atomic E-state index is 4.51. The summed E-state index contributed by atoms with van der Waals surface area (Å²) in [6.45, 7) is 6.61. The summed E-state index contributed by atoms with van der Waals surface area (Å²) in [5.41, 5.74) is 1.97. The molecule has 0 bridgehead atoms. The van der Waals surface area contributed by atoms with Gasteiger partial charge in [0, 0.05) is 19.1 Å². The van der Waals surface area contributed by atoms with E-state index in [1.165, 1.54) is 25.9 Å². The van der Waals surface area contributed by atoms with Crippen LogP contribution < -0.4 is 5.32 Å². The second-order valence-electron chi connectivity index (χ2n) is 5.75. The number of aromatic nitrogens is 3. The van der Waals surface area contributed by atoms with Crippen molar-refractivity contribution < 1.29 is 0 Å². The minimum Gasteiger partial charge on any atom is -0.307 e. The van der Waals surface area contributed by atoms with Crippen LogP contribution in [0.1, 0.15) is 25.5 Å². The first-order valence-electron chi connectivity index (χ1n) is 7.73. The summed E-state index contributed by atoms with van der Waals surface area (Å²) in [6, 6.07) is 10.5. The minimum absolute atomic E-state index is 0.477. The molecule has 5 nitrogen and oxygen atoms in total. The highest BCUT2D eigenvalue weighted by Gasteiger charge is 2.14. The van der Waals surface area contributed by atoms with Gasteiger partial charge in [0.2, 0.25) is 0 Å². The molecule has 0 radical (unpaired) electrons. The van der Waals surface area contributed by atoms with Gasteiger partial charge in [-0.1, -0.05) is 18.2 Å². The molecule has 1 unspecified atom stereocenters. The summed E-state index contributed by atoms with van der Waals surface area (Å²) in [4.78, 5) is 4.21. The fourth-order valence-electron chi connectivity index (χ4n) is 2.76. The zero-order chi connectivity index (χ0) is 14.5. The molecule has 1 atom stereocenters. The van der Waals surface area contributed by atoms with Crippen LogP contribution in [-0.4, -0.2) is 45.6 Å². The Hall–Kier alpha value is -1.72. The van der Waals surface area contributed by atoms with Crippen LogP contribution >= 0.6 is 0 Å². The molecule has 1 aromatic carbocycles. The first kappa shape index (κ1) is 14.2. The van der Waals surface area contributed by atoms with Gasteiger partial charge in [-0.3, -0.25) is 0 Å². The third-order valence-corrected chi connectivity index (χ3v) is 3.89. The monoisotopic (exact) mass is 285 g/mol. The molecule has 1 aliphatic heterocycles. The SMILES string of the molecule is CC(CN1CCCC1)NCc1cnn(-c2ccccc2)n1. The van der Waals surface area contributed by atoms with E-state index in [0.717, 1.165) is 24.5 Å². The standard InChI is InChI=1S/C16H23N5/c1-14(13-20-9-5-6-10-20)17-11-15-12-18-21(19-15)16-7-3-2-4-8-16/h2-4,7-8,12,14,17H,5-6,9-11,13H2,1H3. The maximum absolute atomic E-state index is 4.51. The second kappa shape index (κ2) is 6.83. The van der Waals surface area contributed by atoms with E-state index < -0.39 is 0 Å². The summed E-state index contributed by atoms with van der Waals surface area (Å²) < 4.78 is 0. The maximum Gasteiger partial charge on any atom is 0.0969 e. The highest BCUT2D eigenvalue weighted by atomic mass is 15.5. The van der Waals surface area contributed by atoms with Gasteiger partial charge in [-0.15, -0.1) is 0 Å². The Morgan fingerprint density at radius 1 is 1.19 bits per heavy atom. The third-order valence-electron chi connectivity index (χ3n) is 3.89. The van der Waals surface area contributed by atoms with E-state index in [0.29, 0.717) is 6.04 Å². The lowest BCUT2D eigenvalue weighted by Crippen LogP contribution is -2.37. The minimum atomic E-state index is 0.477. The van der Waals surface area contributed by atoms with Crippen LogP contribution in [0.3, 0.4) is 0 Å². The molecule has 3 rings (SSSR count). The molecule has 21 heavy (non-hydrogen) atoms. The molecule has 2 aromatic rings. The van der Waals surface area contributed by atoms with Gasteiger partial charge in [0.05, 0.1) is 17.6 Å². The van der Waals surface area contributed by atoms with Gasteiger partial charge in [0.15, 0.2) is 0 Å². The molecule has 2 heterocycles. The van der Waals surface area contributed by atoms with Crippen molar-refractivity contribution >= 4 is 0 Å². The highest BCUT2D eigenvalue weighted by molar-refractivity contribution is 5.28. The molecule has 1 fully saturated rings. The van der Waals surface area contributed by atoms with Crippen LogP contribution in [0.2, 0.25) is 0 Å². The van der Waals surface area contributed by atoms with Gasteiger partial charge in [-0.2, -0.15) is 15.0 Å². The van der Waals surface area contributed by atoms with E-state index in [1.54, 1.807) is 4.80 Å². The fraction of sp³-hybridized carbons (Fsp3) is 0.500. The zero-order valence-corrected chi connectivity index (χ0v) is 12.6. The van der Waals surface area contributed by atoms with Gasteiger partial charge in [0.25, 0.3) is 0 Å². The number of rotatable bonds is 6. The molecule has 0 aliphatic carbocycles. The summed E-state index contributed by atoms with van der Waals surface area (Å²) >= 11 is 0. The lowest BCUT2D eigenvalue weighted by molar-refractivity contribution is 0.298. The van der Waals surface area contributed by atoms with Crippen LogP contribution in [0, 0.1) is 0 Å². The van der Waals surface area contributed by atoms with Crippen LogP contribution in [0.5, 0.6) is 0 Å². The molecule has 1 N–H and O–H groups in total. The van der Waals surface area contributed by atoms with Crippen LogP contribution in [0.15, 0.2) is 36.5 Å². The van der Waals surface area contributed by atoms with Crippen LogP contribution in [0.4, 0.5) is 0 Å². The van der Waals surface area contributed by atoms with Crippen molar-refractivity contribution in [2.75, 3.05) is 19.6 Å². The van der Waals surface area contributed by atoms with Gasteiger partial charge < -0.3 is 10.2 Å². The van der Waals surface area contributed by atoms with E-state index >= 15 is 0 Å². The van der Waals surface area contributed by atoms with Crippen LogP contribution in [-0.2, 0) is 6.54 Å². The summed E-state index contributed by atoms with van der Waals surface area (Å²) in [5, 5.41) is 12.4.